The molecule has 0 fully saturated rings. The molecule has 0 radical (unpaired) electrons. The van der Waals surface area contributed by atoms with Gasteiger partial charge in [0.1, 0.15) is 18.2 Å². The van der Waals surface area contributed by atoms with Gasteiger partial charge in [0.25, 0.3) is 11.5 Å². The van der Waals surface area contributed by atoms with Crippen molar-refractivity contribution in [3.63, 3.8) is 0 Å². The molecule has 6 nitrogen and oxygen atoms in total. The minimum absolute atomic E-state index is 0.293. The number of aromatic nitrogens is 1. The number of ether oxygens (including phenoxy) is 1. The van der Waals surface area contributed by atoms with Crippen molar-refractivity contribution in [3.05, 3.63) is 162 Å². The van der Waals surface area contributed by atoms with E-state index < -0.39 is 11.9 Å². The van der Waals surface area contributed by atoms with Crippen LogP contribution in [0.2, 0.25) is 5.02 Å². The molecule has 1 aliphatic rings. The zero-order valence-electron chi connectivity index (χ0n) is 23.0. The zero-order chi connectivity index (χ0) is 29.9. The smallest absolute Gasteiger partial charge is 0.271 e. The molecule has 1 atom stereocenters. The van der Waals surface area contributed by atoms with Crippen molar-refractivity contribution in [2.45, 2.75) is 19.6 Å². The molecule has 0 saturated heterocycles. The van der Waals surface area contributed by atoms with Crippen LogP contribution in [0.4, 0.5) is 10.1 Å². The number of nitrogens with zero attached hydrogens (tertiary/aromatic N) is 2. The topological polar surface area (TPSA) is 72.7 Å². The highest BCUT2D eigenvalue weighted by Gasteiger charge is 2.32. The summed E-state index contributed by atoms with van der Waals surface area (Å²) in [6.45, 7) is 2.15. The summed E-state index contributed by atoms with van der Waals surface area (Å²) in [5.74, 6) is -0.104. The number of fused-ring (bicyclic) bond motifs is 1. The highest BCUT2D eigenvalue weighted by atomic mass is 35.5. The van der Waals surface area contributed by atoms with Gasteiger partial charge in [-0.3, -0.25) is 14.2 Å². The van der Waals surface area contributed by atoms with Gasteiger partial charge in [0.15, 0.2) is 4.80 Å². The Balaban J connectivity index is 1.33. The Kier molecular flexibility index (Phi) is 8.05. The van der Waals surface area contributed by atoms with Gasteiger partial charge in [-0.15, -0.1) is 0 Å². The lowest BCUT2D eigenvalue weighted by Crippen LogP contribution is -2.40. The minimum Gasteiger partial charge on any atom is -0.489 e. The van der Waals surface area contributed by atoms with Gasteiger partial charge in [0, 0.05) is 10.7 Å². The summed E-state index contributed by atoms with van der Waals surface area (Å²) >= 11 is 7.19. The molecule has 9 heteroatoms. The molecule has 1 aromatic heterocycles. The largest absolute Gasteiger partial charge is 0.489 e. The van der Waals surface area contributed by atoms with Crippen LogP contribution in [0.5, 0.6) is 5.75 Å². The van der Waals surface area contributed by atoms with Gasteiger partial charge in [-0.1, -0.05) is 77.5 Å². The van der Waals surface area contributed by atoms with Gasteiger partial charge >= 0.3 is 0 Å². The number of nitrogens with one attached hydrogen (secondary N) is 1. The van der Waals surface area contributed by atoms with Crippen molar-refractivity contribution in [2.75, 3.05) is 5.32 Å². The van der Waals surface area contributed by atoms with Gasteiger partial charge in [-0.25, -0.2) is 9.38 Å². The van der Waals surface area contributed by atoms with E-state index in [4.69, 9.17) is 16.3 Å². The highest BCUT2D eigenvalue weighted by Crippen LogP contribution is 2.31. The molecule has 2 heterocycles. The fourth-order valence-corrected chi connectivity index (χ4v) is 6.02. The van der Waals surface area contributed by atoms with Crippen LogP contribution in [-0.2, 0) is 11.4 Å². The first-order chi connectivity index (χ1) is 20.9. The summed E-state index contributed by atoms with van der Waals surface area (Å²) in [4.78, 5) is 32.6. The van der Waals surface area contributed by atoms with E-state index in [9.17, 15) is 14.0 Å². The lowest BCUT2D eigenvalue weighted by molar-refractivity contribution is -0.113. The third kappa shape index (κ3) is 6.21. The van der Waals surface area contributed by atoms with Crippen LogP contribution in [0.15, 0.2) is 124 Å². The Bertz CT molecular complexity index is 2000. The molecule has 214 valence electrons. The predicted octanol–water partition coefficient (Wildman–Crippen LogP) is 6.25. The van der Waals surface area contributed by atoms with E-state index in [1.807, 2.05) is 66.7 Å². The van der Waals surface area contributed by atoms with Crippen LogP contribution in [-0.4, -0.2) is 10.5 Å². The van der Waals surface area contributed by atoms with E-state index in [2.05, 4.69) is 10.3 Å². The van der Waals surface area contributed by atoms with Crippen molar-refractivity contribution in [2.24, 2.45) is 4.99 Å². The van der Waals surface area contributed by atoms with Crippen LogP contribution in [0.1, 0.15) is 29.7 Å². The van der Waals surface area contributed by atoms with E-state index in [1.54, 1.807) is 37.3 Å². The number of rotatable bonds is 7. The van der Waals surface area contributed by atoms with Gasteiger partial charge < -0.3 is 10.1 Å². The van der Waals surface area contributed by atoms with Gasteiger partial charge in [0.05, 0.1) is 21.8 Å². The van der Waals surface area contributed by atoms with Crippen LogP contribution in [0, 0.1) is 5.82 Å². The highest BCUT2D eigenvalue weighted by molar-refractivity contribution is 7.07. The molecule has 4 aromatic carbocycles. The fourth-order valence-electron chi connectivity index (χ4n) is 4.85. The number of thiazole rings is 1. The van der Waals surface area contributed by atoms with E-state index in [1.165, 1.54) is 28.0 Å². The standard InChI is InChI=1S/C34H25ClFN3O3S/c1-21-30(32(40)38-27-5-3-2-4-6-27)31(24-11-15-26(36)16-12-24)39-33(41)29(43-34(39)37-21)19-22-9-17-28(18-10-22)42-20-23-7-13-25(35)14-8-23/h2-19,31H,20H2,1H3,(H,38,40)/b29-19-. The summed E-state index contributed by atoms with van der Waals surface area (Å²) in [5.41, 5.74) is 3.53. The maximum absolute atomic E-state index is 13.9. The number of benzene rings is 4. The Hall–Kier alpha value is -4.79. The summed E-state index contributed by atoms with van der Waals surface area (Å²) in [6, 6.07) is 29.0. The lowest BCUT2D eigenvalue weighted by Gasteiger charge is -2.25. The number of hydrogen-bond donors (Lipinski definition) is 1. The van der Waals surface area contributed by atoms with Crippen molar-refractivity contribution in [1.82, 2.24) is 4.57 Å². The van der Waals surface area contributed by atoms with Gasteiger partial charge in [0.2, 0.25) is 0 Å². The van der Waals surface area contributed by atoms with E-state index >= 15 is 0 Å². The predicted molar refractivity (Wildman–Crippen MR) is 167 cm³/mol. The first kappa shape index (κ1) is 28.3. The van der Waals surface area contributed by atoms with Gasteiger partial charge in [-0.2, -0.15) is 0 Å². The molecule has 1 unspecified atom stereocenters. The second-order valence-corrected chi connectivity index (χ2v) is 11.4. The number of para-hydroxylation sites is 1. The molecule has 0 spiro atoms. The molecule has 5 aromatic rings. The number of carbonyl (C=O) groups is 1. The first-order valence-electron chi connectivity index (χ1n) is 13.5. The van der Waals surface area contributed by atoms with E-state index in [-0.39, 0.29) is 11.5 Å². The van der Waals surface area contributed by atoms with Gasteiger partial charge in [-0.05, 0) is 78.2 Å². The molecular formula is C34H25ClFN3O3S. The van der Waals surface area contributed by atoms with Crippen LogP contribution in [0.25, 0.3) is 6.08 Å². The Morgan fingerprint density at radius 1 is 1.00 bits per heavy atom. The second kappa shape index (κ2) is 12.2. The Morgan fingerprint density at radius 3 is 2.40 bits per heavy atom. The number of hydrogen-bond acceptors (Lipinski definition) is 5. The van der Waals surface area contributed by atoms with Crippen molar-refractivity contribution < 1.29 is 13.9 Å². The van der Waals surface area contributed by atoms with Crippen molar-refractivity contribution in [1.29, 1.82) is 0 Å². The molecule has 1 aliphatic heterocycles. The Morgan fingerprint density at radius 2 is 1.70 bits per heavy atom. The first-order valence-corrected chi connectivity index (χ1v) is 14.7. The molecular weight excluding hydrogens is 585 g/mol. The zero-order valence-corrected chi connectivity index (χ0v) is 24.5. The van der Waals surface area contributed by atoms with Crippen molar-refractivity contribution in [3.8, 4) is 5.75 Å². The van der Waals surface area contributed by atoms with E-state index in [0.29, 0.717) is 49.2 Å². The summed E-state index contributed by atoms with van der Waals surface area (Å²) < 4.78 is 21.7. The third-order valence-corrected chi connectivity index (χ3v) is 8.22. The Labute approximate surface area is 255 Å². The molecule has 43 heavy (non-hydrogen) atoms. The van der Waals surface area contributed by atoms with E-state index in [0.717, 1.165) is 11.1 Å². The maximum Gasteiger partial charge on any atom is 0.271 e. The van der Waals surface area contributed by atoms with Crippen molar-refractivity contribution >= 4 is 40.6 Å². The monoisotopic (exact) mass is 609 g/mol. The lowest BCUT2D eigenvalue weighted by atomic mass is 9.95. The number of halogens is 2. The number of amides is 1. The molecule has 1 amide bonds. The maximum atomic E-state index is 13.9. The minimum atomic E-state index is -0.786. The number of allylic oxidation sites excluding steroid dienone is 1. The SMILES string of the molecule is CC1=C(C(=O)Nc2ccccc2)C(c2ccc(F)cc2)n2c(s/c(=C\c3ccc(OCc4ccc(Cl)cc4)cc3)c2=O)=N1. The van der Waals surface area contributed by atoms with Crippen LogP contribution in [0.3, 0.4) is 0 Å². The van der Waals surface area contributed by atoms with Crippen LogP contribution < -0.4 is 24.9 Å². The van der Waals surface area contributed by atoms with Crippen LogP contribution >= 0.6 is 22.9 Å². The molecule has 0 saturated carbocycles. The molecule has 6 rings (SSSR count). The average molecular weight is 610 g/mol. The third-order valence-electron chi connectivity index (χ3n) is 6.98. The summed E-state index contributed by atoms with van der Waals surface area (Å²) in [5, 5.41) is 3.58. The quantitative estimate of drug-likeness (QED) is 0.237. The second-order valence-electron chi connectivity index (χ2n) is 9.94. The number of anilines is 1. The number of carbonyl (C=O) groups excluding carboxylic acids is 1. The average Bonchev–Trinajstić information content (AvgIpc) is 3.31. The molecule has 0 aliphatic carbocycles. The molecule has 0 bridgehead atoms. The fraction of sp³-hybridized carbons (Fsp3) is 0.0882. The summed E-state index contributed by atoms with van der Waals surface area (Å²) in [6.07, 6.45) is 1.79. The summed E-state index contributed by atoms with van der Waals surface area (Å²) in [7, 11) is 0. The molecule has 1 N–H and O–H groups in total. The normalized spacial score (nSPS) is 14.7.